The number of hydrogen-bond donors (Lipinski definition) is 2. The lowest BCUT2D eigenvalue weighted by Crippen LogP contribution is -2.21. The van der Waals surface area contributed by atoms with Crippen molar-refractivity contribution in [1.82, 2.24) is 0 Å². The van der Waals surface area contributed by atoms with Crippen LogP contribution in [0.3, 0.4) is 0 Å². The van der Waals surface area contributed by atoms with Gasteiger partial charge in [-0.1, -0.05) is 0 Å². The maximum absolute atomic E-state index is 13.1. The molecule has 0 aliphatic carbocycles. The molecule has 0 saturated heterocycles. The van der Waals surface area contributed by atoms with Gasteiger partial charge in [0, 0.05) is 5.56 Å². The Morgan fingerprint density at radius 1 is 1.64 bits per heavy atom. The van der Waals surface area contributed by atoms with E-state index in [-0.39, 0.29) is 11.1 Å². The van der Waals surface area contributed by atoms with E-state index in [1.165, 1.54) is 6.07 Å². The number of nitriles is 1. The van der Waals surface area contributed by atoms with Gasteiger partial charge in [-0.3, -0.25) is 4.79 Å². The van der Waals surface area contributed by atoms with Crippen molar-refractivity contribution >= 4 is 5.97 Å². The lowest BCUT2D eigenvalue weighted by atomic mass is 10.0. The first kappa shape index (κ1) is 10.2. The molecule has 0 saturated carbocycles. The largest absolute Gasteiger partial charge is 0.480 e. The van der Waals surface area contributed by atoms with Crippen LogP contribution in [0.5, 0.6) is 0 Å². The second-order valence-corrected chi connectivity index (χ2v) is 2.66. The number of carbonyl (C=O) groups is 1. The van der Waals surface area contributed by atoms with Crippen LogP contribution in [-0.4, -0.2) is 11.1 Å². The molecule has 0 radical (unpaired) electrons. The summed E-state index contributed by atoms with van der Waals surface area (Å²) in [5.41, 5.74) is 5.21. The Bertz CT molecular complexity index is 412. The van der Waals surface area contributed by atoms with E-state index >= 15 is 0 Å². The molecule has 3 N–H and O–H groups in total. The zero-order chi connectivity index (χ0) is 10.7. The van der Waals surface area contributed by atoms with Crippen molar-refractivity contribution in [1.29, 1.82) is 5.26 Å². The van der Waals surface area contributed by atoms with Gasteiger partial charge in [-0.25, -0.2) is 4.39 Å². The molecule has 0 aliphatic rings. The first-order chi connectivity index (χ1) is 6.56. The average Bonchev–Trinajstić information content (AvgIpc) is 2.17. The van der Waals surface area contributed by atoms with Crippen molar-refractivity contribution in [2.45, 2.75) is 6.04 Å². The van der Waals surface area contributed by atoms with E-state index in [0.29, 0.717) is 0 Å². The molecule has 72 valence electrons. The molecule has 0 amide bonds. The maximum Gasteiger partial charge on any atom is 0.325 e. The highest BCUT2D eigenvalue weighted by Gasteiger charge is 2.18. The van der Waals surface area contributed by atoms with Gasteiger partial charge in [0.2, 0.25) is 0 Å². The van der Waals surface area contributed by atoms with Crippen LogP contribution >= 0.6 is 0 Å². The number of rotatable bonds is 2. The molecule has 1 atom stereocenters. The van der Waals surface area contributed by atoms with Crippen LogP contribution in [0.25, 0.3) is 0 Å². The molecular weight excluding hydrogens is 187 g/mol. The third-order valence-electron chi connectivity index (χ3n) is 1.73. The zero-order valence-corrected chi connectivity index (χ0v) is 7.07. The number of carboxylic acids is 1. The number of halogens is 1. The smallest absolute Gasteiger partial charge is 0.325 e. The molecule has 1 aromatic rings. The number of carboxylic acid groups (broad SMARTS) is 1. The van der Waals surface area contributed by atoms with Crippen LogP contribution in [0.2, 0.25) is 0 Å². The van der Waals surface area contributed by atoms with E-state index in [4.69, 9.17) is 16.1 Å². The number of benzene rings is 1. The molecule has 14 heavy (non-hydrogen) atoms. The number of nitrogens with two attached hydrogens (primary N) is 1. The first-order valence-electron chi connectivity index (χ1n) is 3.74. The van der Waals surface area contributed by atoms with Crippen molar-refractivity contribution in [2.24, 2.45) is 5.73 Å². The van der Waals surface area contributed by atoms with Gasteiger partial charge >= 0.3 is 5.97 Å². The fourth-order valence-electron chi connectivity index (χ4n) is 0.985. The predicted octanol–water partition coefficient (Wildman–Crippen LogP) is 0.782. The lowest BCUT2D eigenvalue weighted by Gasteiger charge is -2.07. The summed E-state index contributed by atoms with van der Waals surface area (Å²) >= 11 is 0. The molecule has 1 rings (SSSR count). The van der Waals surface area contributed by atoms with Crippen LogP contribution in [0, 0.1) is 17.1 Å². The molecule has 0 heterocycles. The number of nitrogens with zero attached hydrogens (tertiary/aromatic N) is 1. The Balaban J connectivity index is 3.20. The molecule has 1 unspecified atom stereocenters. The Morgan fingerprint density at radius 3 is 2.79 bits per heavy atom. The highest BCUT2D eigenvalue weighted by Crippen LogP contribution is 2.16. The third kappa shape index (κ3) is 1.87. The SMILES string of the molecule is N#Cc1ccc(F)c(C(N)C(=O)O)c1. The topological polar surface area (TPSA) is 87.1 Å². The first-order valence-corrected chi connectivity index (χ1v) is 3.74. The fourth-order valence-corrected chi connectivity index (χ4v) is 0.985. The van der Waals surface area contributed by atoms with Gasteiger partial charge in [0.05, 0.1) is 11.6 Å². The van der Waals surface area contributed by atoms with Gasteiger partial charge in [-0.05, 0) is 18.2 Å². The third-order valence-corrected chi connectivity index (χ3v) is 1.73. The monoisotopic (exact) mass is 194 g/mol. The van der Waals surface area contributed by atoms with Crippen LogP contribution in [0.15, 0.2) is 18.2 Å². The van der Waals surface area contributed by atoms with Crippen molar-refractivity contribution < 1.29 is 14.3 Å². The molecular formula is C9H7FN2O2. The van der Waals surface area contributed by atoms with Crippen molar-refractivity contribution in [3.05, 3.63) is 35.1 Å². The van der Waals surface area contributed by atoms with E-state index in [2.05, 4.69) is 0 Å². The van der Waals surface area contributed by atoms with Gasteiger partial charge in [0.15, 0.2) is 0 Å². The average molecular weight is 194 g/mol. The van der Waals surface area contributed by atoms with E-state index in [9.17, 15) is 9.18 Å². The van der Waals surface area contributed by atoms with E-state index in [0.717, 1.165) is 12.1 Å². The molecule has 0 bridgehead atoms. The Kier molecular flexibility index (Phi) is 2.79. The van der Waals surface area contributed by atoms with Crippen LogP contribution in [-0.2, 0) is 4.79 Å². The Labute approximate surface area is 79.4 Å². The van der Waals surface area contributed by atoms with Gasteiger partial charge in [0.25, 0.3) is 0 Å². The highest BCUT2D eigenvalue weighted by atomic mass is 19.1. The van der Waals surface area contributed by atoms with Crippen molar-refractivity contribution in [2.75, 3.05) is 0 Å². The van der Waals surface area contributed by atoms with Gasteiger partial charge in [-0.2, -0.15) is 5.26 Å². The Morgan fingerprint density at radius 2 is 2.29 bits per heavy atom. The van der Waals surface area contributed by atoms with Crippen molar-refractivity contribution in [3.8, 4) is 6.07 Å². The zero-order valence-electron chi connectivity index (χ0n) is 7.07. The lowest BCUT2D eigenvalue weighted by molar-refractivity contribution is -0.138. The van der Waals surface area contributed by atoms with Crippen molar-refractivity contribution in [3.63, 3.8) is 0 Å². The summed E-state index contributed by atoms with van der Waals surface area (Å²) in [5, 5.41) is 17.1. The molecule has 5 heteroatoms. The quantitative estimate of drug-likeness (QED) is 0.728. The molecule has 1 aromatic carbocycles. The summed E-state index contributed by atoms with van der Waals surface area (Å²) in [6.07, 6.45) is 0. The van der Waals surface area contributed by atoms with Gasteiger partial charge in [-0.15, -0.1) is 0 Å². The molecule has 0 aromatic heterocycles. The fraction of sp³-hybridized carbons (Fsp3) is 0.111. The minimum absolute atomic E-state index is 0.179. The number of aliphatic carboxylic acids is 1. The molecule has 0 spiro atoms. The Hall–Kier alpha value is -1.93. The second-order valence-electron chi connectivity index (χ2n) is 2.66. The molecule has 4 nitrogen and oxygen atoms in total. The van der Waals surface area contributed by atoms with E-state index < -0.39 is 17.8 Å². The molecule has 0 aliphatic heterocycles. The standard InChI is InChI=1S/C9H7FN2O2/c10-7-2-1-5(4-11)3-6(7)8(12)9(13)14/h1-3,8H,12H2,(H,13,14). The number of hydrogen-bond acceptors (Lipinski definition) is 3. The summed E-state index contributed by atoms with van der Waals surface area (Å²) in [5.74, 6) is -2.06. The van der Waals surface area contributed by atoms with Crippen LogP contribution in [0.4, 0.5) is 4.39 Å². The summed E-state index contributed by atoms with van der Waals surface area (Å²) in [6, 6.07) is 3.75. The van der Waals surface area contributed by atoms with Crippen LogP contribution < -0.4 is 5.73 Å². The second kappa shape index (κ2) is 3.85. The summed E-state index contributed by atoms with van der Waals surface area (Å²) in [6.45, 7) is 0. The van der Waals surface area contributed by atoms with E-state index in [1.807, 2.05) is 0 Å². The van der Waals surface area contributed by atoms with E-state index in [1.54, 1.807) is 6.07 Å². The normalized spacial score (nSPS) is 11.8. The predicted molar refractivity (Wildman–Crippen MR) is 45.7 cm³/mol. The minimum atomic E-state index is -1.44. The van der Waals surface area contributed by atoms with Gasteiger partial charge < -0.3 is 10.8 Å². The summed E-state index contributed by atoms with van der Waals surface area (Å²) < 4.78 is 13.1. The minimum Gasteiger partial charge on any atom is -0.480 e. The van der Waals surface area contributed by atoms with Gasteiger partial charge in [0.1, 0.15) is 11.9 Å². The summed E-state index contributed by atoms with van der Waals surface area (Å²) in [4.78, 5) is 10.5. The maximum atomic E-state index is 13.1. The summed E-state index contributed by atoms with van der Waals surface area (Å²) in [7, 11) is 0. The highest BCUT2D eigenvalue weighted by molar-refractivity contribution is 5.75. The van der Waals surface area contributed by atoms with Crippen LogP contribution in [0.1, 0.15) is 17.2 Å². The molecule has 0 fully saturated rings.